The fraction of sp³-hybridized carbons (Fsp3) is 0.811. The van der Waals surface area contributed by atoms with Crippen molar-refractivity contribution in [3.8, 4) is 0 Å². The number of aliphatic hydroxyl groups excluding tert-OH is 3. The van der Waals surface area contributed by atoms with Crippen LogP contribution in [-0.4, -0.2) is 206 Å². The first-order chi connectivity index (χ1) is 34.7. The van der Waals surface area contributed by atoms with E-state index in [1.54, 1.807) is 85.9 Å². The topological polar surface area (TPSA) is 253 Å². The summed E-state index contributed by atoms with van der Waals surface area (Å²) in [5.41, 5.74) is -2.18. The number of carbonyl (C=O) groups is 1. The molecule has 74 heavy (non-hydrogen) atoms. The molecule has 0 spiro atoms. The van der Waals surface area contributed by atoms with Gasteiger partial charge in [0.1, 0.15) is 48.8 Å². The van der Waals surface area contributed by atoms with Crippen molar-refractivity contribution >= 4 is 11.7 Å². The number of ether oxygens (including phenoxy) is 7. The van der Waals surface area contributed by atoms with Crippen LogP contribution in [-0.2, 0) is 44.4 Å². The summed E-state index contributed by atoms with van der Waals surface area (Å²) in [6.45, 7) is 19.1. The van der Waals surface area contributed by atoms with Gasteiger partial charge in [0.15, 0.2) is 12.6 Å². The maximum Gasteiger partial charge on any atom is 0.311 e. The molecule has 3 saturated heterocycles. The maximum absolute atomic E-state index is 14.8. The van der Waals surface area contributed by atoms with Crippen LogP contribution in [0.3, 0.4) is 0 Å². The second-order valence-electron chi connectivity index (χ2n) is 22.3. The van der Waals surface area contributed by atoms with Crippen LogP contribution < -0.4 is 0 Å². The molecule has 3 aliphatic heterocycles. The van der Waals surface area contributed by atoms with Crippen molar-refractivity contribution in [3.63, 3.8) is 0 Å². The standard InChI is InChI=1S/C53H89FN6O14/c1-16-41-53(11,66)46(62)34(7)59(13)27-29(2)24-51(9,65)48(31(4)44(32(5)49(64)72-41)73-42-25-52(10,69-15)47(63)35(8)71-42)74-50-43(61)39(23-30(3)70-50)58(12)22-21-38-28-60(57-55-38)40(26-54)45(68-14)37-19-17-36(18-20-37)33(6)56-67/h17-20,28-32,34-35,39-48,50,61-63,65-67H,16,21-27H2,1-15H3/b56-33+/t29-,30-,31+,32-,34-,35+,39+,40-,41-,42+,43-,44+,45-,46-,47+,48-,50+,51-,52-,53-/m1/s1. The van der Waals surface area contributed by atoms with Crippen molar-refractivity contribution in [2.45, 2.75) is 211 Å². The van der Waals surface area contributed by atoms with E-state index < -0.39 is 127 Å². The smallest absolute Gasteiger partial charge is 0.311 e. The third-order valence-corrected chi connectivity index (χ3v) is 16.3. The molecular formula is C53H89FN6O14. The predicted octanol–water partition coefficient (Wildman–Crippen LogP) is 4.20. The number of methoxy groups -OCH3 is 2. The van der Waals surface area contributed by atoms with E-state index in [4.69, 9.17) is 33.2 Å². The first kappa shape index (κ1) is 61.6. The van der Waals surface area contributed by atoms with Crippen molar-refractivity contribution in [2.75, 3.05) is 48.1 Å². The molecule has 422 valence electrons. The third-order valence-electron chi connectivity index (χ3n) is 16.3. The number of oxime groups is 1. The monoisotopic (exact) mass is 1050 g/mol. The van der Waals surface area contributed by atoms with E-state index >= 15 is 0 Å². The maximum atomic E-state index is 14.8. The minimum absolute atomic E-state index is 0.0787. The number of alkyl halides is 1. The van der Waals surface area contributed by atoms with E-state index in [0.29, 0.717) is 48.5 Å². The number of likely N-dealkylation sites (N-methyl/N-ethyl adjacent to an activating group) is 2. The van der Waals surface area contributed by atoms with Crippen molar-refractivity contribution < 1.29 is 73.1 Å². The van der Waals surface area contributed by atoms with Crippen LogP contribution >= 0.6 is 0 Å². The Morgan fingerprint density at radius 1 is 1.00 bits per heavy atom. The van der Waals surface area contributed by atoms with Gasteiger partial charge in [-0.3, -0.25) is 4.79 Å². The van der Waals surface area contributed by atoms with E-state index in [1.165, 1.54) is 25.8 Å². The van der Waals surface area contributed by atoms with Crippen molar-refractivity contribution in [3.05, 3.63) is 47.3 Å². The van der Waals surface area contributed by atoms with Crippen LogP contribution in [0.15, 0.2) is 35.6 Å². The molecule has 0 saturated carbocycles. The summed E-state index contributed by atoms with van der Waals surface area (Å²) in [5, 5.41) is 80.9. The van der Waals surface area contributed by atoms with Crippen LogP contribution in [0.2, 0.25) is 0 Å². The summed E-state index contributed by atoms with van der Waals surface area (Å²) in [7, 11) is 6.69. The average Bonchev–Trinajstić information content (AvgIpc) is 3.84. The minimum Gasteiger partial charge on any atom is -0.459 e. The van der Waals surface area contributed by atoms with Gasteiger partial charge in [-0.05, 0) is 106 Å². The molecule has 21 heteroatoms. The molecule has 0 amide bonds. The normalized spacial score (nSPS) is 39.5. The highest BCUT2D eigenvalue weighted by atomic mass is 19.1. The Bertz CT molecular complexity index is 2100. The number of aliphatic hydroxyl groups is 5. The predicted molar refractivity (Wildman–Crippen MR) is 272 cm³/mol. The molecule has 20 atom stereocenters. The Kier molecular flexibility index (Phi) is 21.6. The number of esters is 1. The van der Waals surface area contributed by atoms with Gasteiger partial charge in [-0.25, -0.2) is 9.07 Å². The number of rotatable bonds is 16. The number of hydrogen-bond acceptors (Lipinski definition) is 19. The molecule has 4 heterocycles. The lowest BCUT2D eigenvalue weighted by atomic mass is 9.77. The van der Waals surface area contributed by atoms with Gasteiger partial charge in [0, 0.05) is 64.3 Å². The summed E-state index contributed by atoms with van der Waals surface area (Å²) >= 11 is 0. The van der Waals surface area contributed by atoms with Crippen LogP contribution in [0.1, 0.15) is 131 Å². The molecular weight excluding hydrogens is 964 g/mol. The zero-order valence-corrected chi connectivity index (χ0v) is 46.4. The minimum atomic E-state index is -1.86. The van der Waals surface area contributed by atoms with Gasteiger partial charge in [0.05, 0.1) is 52.9 Å². The molecule has 20 nitrogen and oxygen atoms in total. The van der Waals surface area contributed by atoms with Gasteiger partial charge < -0.3 is 73.7 Å². The van der Waals surface area contributed by atoms with Gasteiger partial charge in [0.25, 0.3) is 0 Å². The summed E-state index contributed by atoms with van der Waals surface area (Å²) < 4.78 is 60.3. The molecule has 2 aromatic rings. The Balaban J connectivity index is 1.44. The van der Waals surface area contributed by atoms with Crippen molar-refractivity contribution in [2.24, 2.45) is 22.9 Å². The van der Waals surface area contributed by atoms with Gasteiger partial charge in [-0.2, -0.15) is 0 Å². The Hall–Kier alpha value is -3.29. The number of benzene rings is 1. The Morgan fingerprint density at radius 3 is 2.26 bits per heavy atom. The van der Waals surface area contributed by atoms with Crippen LogP contribution in [0.4, 0.5) is 4.39 Å². The number of nitrogens with zero attached hydrogens (tertiary/aromatic N) is 6. The van der Waals surface area contributed by atoms with E-state index in [-0.39, 0.29) is 25.2 Å². The van der Waals surface area contributed by atoms with Crippen LogP contribution in [0.5, 0.6) is 0 Å². The Labute approximate surface area is 437 Å². The zero-order valence-electron chi connectivity index (χ0n) is 46.4. The SMILES string of the molecule is CC[C@H]1OC(=O)[C@H](C)[C@@H](O[C@H]2C[C@@](C)(OC)[C@@H](O)[C@H](C)O2)[C@H](C)[C@@H](O[C@@H]2O[C@H](C)C[C@H](N(C)CCc3cn([C@H](CF)[C@H](OC)c4ccc(/C(C)=N/O)cc4)nn3)[C@H]2O)[C@](C)(O)C[C@@H](C)CN(C)[C@H](C)[C@@H](O)[C@]1(C)O. The van der Waals surface area contributed by atoms with E-state index in [9.17, 15) is 39.9 Å². The molecule has 3 fully saturated rings. The fourth-order valence-corrected chi connectivity index (χ4v) is 11.5. The summed E-state index contributed by atoms with van der Waals surface area (Å²) in [4.78, 5) is 18.4. The molecule has 1 aromatic heterocycles. The summed E-state index contributed by atoms with van der Waals surface area (Å²) in [6, 6.07) is 5.19. The highest BCUT2D eigenvalue weighted by molar-refractivity contribution is 5.98. The summed E-state index contributed by atoms with van der Waals surface area (Å²) in [6.07, 6.45) is -8.18. The lowest BCUT2D eigenvalue weighted by molar-refractivity contribution is -0.318. The largest absolute Gasteiger partial charge is 0.459 e. The van der Waals surface area contributed by atoms with E-state index in [0.717, 1.165) is 0 Å². The van der Waals surface area contributed by atoms with Gasteiger partial charge in [-0.15, -0.1) is 5.10 Å². The lowest BCUT2D eigenvalue weighted by Crippen LogP contribution is -2.61. The molecule has 0 unspecified atom stereocenters. The quantitative estimate of drug-likeness (QED) is 0.0596. The number of hydrogen-bond donors (Lipinski definition) is 6. The molecule has 1 aromatic carbocycles. The number of aromatic nitrogens is 3. The molecule has 3 aliphatic rings. The van der Waals surface area contributed by atoms with Gasteiger partial charge in [0.2, 0.25) is 0 Å². The fourth-order valence-electron chi connectivity index (χ4n) is 11.5. The second-order valence-corrected chi connectivity index (χ2v) is 22.3. The molecule has 0 aliphatic carbocycles. The number of cyclic esters (lactones) is 1. The Morgan fingerprint density at radius 2 is 1.66 bits per heavy atom. The van der Waals surface area contributed by atoms with Gasteiger partial charge in [-0.1, -0.05) is 55.4 Å². The van der Waals surface area contributed by atoms with Crippen molar-refractivity contribution in [1.82, 2.24) is 24.8 Å². The van der Waals surface area contributed by atoms with E-state index in [2.05, 4.69) is 15.5 Å². The summed E-state index contributed by atoms with van der Waals surface area (Å²) in [5.74, 6) is -2.90. The second kappa shape index (κ2) is 25.9. The van der Waals surface area contributed by atoms with Crippen LogP contribution in [0, 0.1) is 17.8 Å². The average molecular weight is 1050 g/mol. The molecule has 0 radical (unpaired) electrons. The highest BCUT2D eigenvalue weighted by Gasteiger charge is 2.53. The van der Waals surface area contributed by atoms with Crippen LogP contribution in [0.25, 0.3) is 0 Å². The molecule has 5 rings (SSSR count). The number of carbonyl (C=O) groups excluding carboxylic acids is 1. The zero-order chi connectivity index (χ0) is 55.2. The molecule has 6 N–H and O–H groups in total. The highest BCUT2D eigenvalue weighted by Crippen LogP contribution is 2.41. The third kappa shape index (κ3) is 14.1. The van der Waals surface area contributed by atoms with E-state index in [1.807, 2.05) is 37.7 Å². The molecule has 0 bridgehead atoms. The van der Waals surface area contributed by atoms with Gasteiger partial charge >= 0.3 is 5.97 Å². The first-order valence-corrected chi connectivity index (χ1v) is 26.2. The van der Waals surface area contributed by atoms with Crippen molar-refractivity contribution in [1.29, 1.82) is 0 Å². The lowest BCUT2D eigenvalue weighted by Gasteiger charge is -2.49. The first-order valence-electron chi connectivity index (χ1n) is 26.2. The number of halogens is 1.